The smallest absolute Gasteiger partial charge is 0.132 e. The SMILES string of the molecule is CC1(C)c2ccc3c(c2CCC1c1ncccn1)CCc1ccccc1-3. The van der Waals surface area contributed by atoms with Gasteiger partial charge in [0.05, 0.1) is 0 Å². The molecule has 1 atom stereocenters. The molecule has 0 spiro atoms. The molecule has 2 aromatic carbocycles. The molecule has 1 heterocycles. The van der Waals surface area contributed by atoms with Crippen LogP contribution in [-0.4, -0.2) is 9.97 Å². The summed E-state index contributed by atoms with van der Waals surface area (Å²) in [6.45, 7) is 4.74. The lowest BCUT2D eigenvalue weighted by Crippen LogP contribution is -2.34. The van der Waals surface area contributed by atoms with Crippen molar-refractivity contribution in [3.63, 3.8) is 0 Å². The maximum Gasteiger partial charge on any atom is 0.132 e. The molecule has 1 unspecified atom stereocenters. The number of hydrogen-bond donors (Lipinski definition) is 0. The third-order valence-corrected chi connectivity index (χ3v) is 6.53. The van der Waals surface area contributed by atoms with Gasteiger partial charge in [-0.2, -0.15) is 0 Å². The van der Waals surface area contributed by atoms with Gasteiger partial charge >= 0.3 is 0 Å². The van der Waals surface area contributed by atoms with Crippen molar-refractivity contribution in [3.8, 4) is 11.1 Å². The fraction of sp³-hybridized carbons (Fsp3) is 0.333. The van der Waals surface area contributed by atoms with Crippen molar-refractivity contribution in [1.29, 1.82) is 0 Å². The molecule has 26 heavy (non-hydrogen) atoms. The summed E-state index contributed by atoms with van der Waals surface area (Å²) in [6.07, 6.45) is 8.33. The maximum atomic E-state index is 4.58. The van der Waals surface area contributed by atoms with Crippen LogP contribution in [0.4, 0.5) is 0 Å². The largest absolute Gasteiger partial charge is 0.241 e. The topological polar surface area (TPSA) is 25.8 Å². The highest BCUT2D eigenvalue weighted by Gasteiger charge is 2.40. The van der Waals surface area contributed by atoms with E-state index in [0.29, 0.717) is 5.92 Å². The normalized spacial score (nSPS) is 20.0. The van der Waals surface area contributed by atoms with Crippen LogP contribution >= 0.6 is 0 Å². The van der Waals surface area contributed by atoms with Crippen molar-refractivity contribution in [1.82, 2.24) is 9.97 Å². The lowest BCUT2D eigenvalue weighted by Gasteiger charge is -2.41. The van der Waals surface area contributed by atoms with Gasteiger partial charge < -0.3 is 0 Å². The zero-order chi connectivity index (χ0) is 17.7. The first-order valence-electron chi connectivity index (χ1n) is 9.66. The molecule has 2 heteroatoms. The highest BCUT2D eigenvalue weighted by molar-refractivity contribution is 5.75. The van der Waals surface area contributed by atoms with Gasteiger partial charge in [0.25, 0.3) is 0 Å². The third-order valence-electron chi connectivity index (χ3n) is 6.53. The number of benzene rings is 2. The van der Waals surface area contributed by atoms with Crippen molar-refractivity contribution in [2.75, 3.05) is 0 Å². The molecule has 130 valence electrons. The van der Waals surface area contributed by atoms with E-state index in [1.807, 2.05) is 18.5 Å². The van der Waals surface area contributed by atoms with Crippen LogP contribution in [0.3, 0.4) is 0 Å². The van der Waals surface area contributed by atoms with E-state index < -0.39 is 0 Å². The summed E-state index contributed by atoms with van der Waals surface area (Å²) in [5.74, 6) is 1.37. The Labute approximate surface area is 155 Å². The summed E-state index contributed by atoms with van der Waals surface area (Å²) < 4.78 is 0. The Morgan fingerprint density at radius 3 is 2.46 bits per heavy atom. The van der Waals surface area contributed by atoms with Crippen molar-refractivity contribution >= 4 is 0 Å². The minimum absolute atomic E-state index is 0.0565. The molecule has 2 aliphatic rings. The van der Waals surface area contributed by atoms with E-state index in [1.54, 1.807) is 11.1 Å². The Balaban J connectivity index is 1.64. The van der Waals surface area contributed by atoms with Crippen LogP contribution in [0.2, 0.25) is 0 Å². The second-order valence-electron chi connectivity index (χ2n) is 8.19. The molecule has 0 fully saturated rings. The highest BCUT2D eigenvalue weighted by atomic mass is 14.9. The van der Waals surface area contributed by atoms with Crippen LogP contribution in [-0.2, 0) is 24.7 Å². The van der Waals surface area contributed by atoms with Crippen LogP contribution in [0.15, 0.2) is 54.9 Å². The summed E-state index contributed by atoms with van der Waals surface area (Å²) in [7, 11) is 0. The van der Waals surface area contributed by atoms with Gasteiger partial charge in [-0.1, -0.05) is 50.2 Å². The minimum Gasteiger partial charge on any atom is -0.241 e. The number of nitrogens with zero attached hydrogens (tertiary/aromatic N) is 2. The van der Waals surface area contributed by atoms with Crippen LogP contribution in [0.1, 0.15) is 54.3 Å². The molecular weight excluding hydrogens is 316 g/mol. The molecule has 0 saturated heterocycles. The highest BCUT2D eigenvalue weighted by Crippen LogP contribution is 2.49. The molecule has 0 saturated carbocycles. The Bertz CT molecular complexity index is 973. The summed E-state index contributed by atoms with van der Waals surface area (Å²) in [6, 6.07) is 15.5. The fourth-order valence-electron chi connectivity index (χ4n) is 5.16. The Hall–Kier alpha value is -2.48. The Morgan fingerprint density at radius 1 is 0.808 bits per heavy atom. The molecule has 1 aromatic heterocycles. The molecule has 0 bridgehead atoms. The maximum absolute atomic E-state index is 4.58. The minimum atomic E-state index is 0.0565. The van der Waals surface area contributed by atoms with Gasteiger partial charge in [-0.05, 0) is 70.5 Å². The van der Waals surface area contributed by atoms with Gasteiger partial charge in [0.1, 0.15) is 5.82 Å². The van der Waals surface area contributed by atoms with E-state index in [-0.39, 0.29) is 5.41 Å². The molecule has 2 aliphatic carbocycles. The van der Waals surface area contributed by atoms with Crippen LogP contribution in [0.5, 0.6) is 0 Å². The predicted octanol–water partition coefficient (Wildman–Crippen LogP) is 5.25. The van der Waals surface area contributed by atoms with Crippen molar-refractivity contribution < 1.29 is 0 Å². The summed E-state index contributed by atoms with van der Waals surface area (Å²) >= 11 is 0. The van der Waals surface area contributed by atoms with Crippen LogP contribution < -0.4 is 0 Å². The summed E-state index contributed by atoms with van der Waals surface area (Å²) in [5, 5.41) is 0. The predicted molar refractivity (Wildman–Crippen MR) is 105 cm³/mol. The second-order valence-corrected chi connectivity index (χ2v) is 8.19. The van der Waals surface area contributed by atoms with Crippen molar-refractivity contribution in [2.24, 2.45) is 0 Å². The summed E-state index contributed by atoms with van der Waals surface area (Å²) in [4.78, 5) is 9.15. The van der Waals surface area contributed by atoms with E-state index >= 15 is 0 Å². The Kier molecular flexibility index (Phi) is 3.49. The average molecular weight is 340 g/mol. The standard InChI is InChI=1S/C24H24N2/c1-24(2)21-12-10-18-17-7-4-3-6-16(17)8-9-19(18)20(21)11-13-22(24)23-25-14-5-15-26-23/h3-7,10,12,14-15,22H,8-9,11,13H2,1-2H3. The number of aryl methyl sites for hydroxylation is 1. The lowest BCUT2D eigenvalue weighted by molar-refractivity contribution is 0.349. The molecule has 0 aliphatic heterocycles. The monoisotopic (exact) mass is 340 g/mol. The first kappa shape index (κ1) is 15.7. The van der Waals surface area contributed by atoms with Crippen LogP contribution in [0, 0.1) is 0 Å². The zero-order valence-corrected chi connectivity index (χ0v) is 15.5. The number of rotatable bonds is 1. The van der Waals surface area contributed by atoms with E-state index in [1.165, 1.54) is 22.3 Å². The first-order chi connectivity index (χ1) is 12.7. The Morgan fingerprint density at radius 2 is 1.62 bits per heavy atom. The second kappa shape index (κ2) is 5.77. The number of fused-ring (bicyclic) bond motifs is 5. The summed E-state index contributed by atoms with van der Waals surface area (Å²) in [5.41, 5.74) is 9.11. The van der Waals surface area contributed by atoms with Gasteiger partial charge in [-0.3, -0.25) is 0 Å². The number of hydrogen-bond acceptors (Lipinski definition) is 2. The average Bonchev–Trinajstić information content (AvgIpc) is 2.68. The van der Waals surface area contributed by atoms with E-state index in [9.17, 15) is 0 Å². The van der Waals surface area contributed by atoms with Crippen molar-refractivity contribution in [3.05, 3.63) is 82.9 Å². The molecular formula is C24H24N2. The molecule has 5 rings (SSSR count). The molecule has 0 amide bonds. The van der Waals surface area contributed by atoms with Gasteiger partial charge in [-0.25, -0.2) is 9.97 Å². The molecule has 0 radical (unpaired) electrons. The molecule has 3 aromatic rings. The molecule has 0 N–H and O–H groups in total. The van der Waals surface area contributed by atoms with Gasteiger partial charge in [0.2, 0.25) is 0 Å². The fourth-order valence-corrected chi connectivity index (χ4v) is 5.16. The molecule has 2 nitrogen and oxygen atoms in total. The first-order valence-corrected chi connectivity index (χ1v) is 9.66. The van der Waals surface area contributed by atoms with Crippen LogP contribution in [0.25, 0.3) is 11.1 Å². The van der Waals surface area contributed by atoms with Crippen molar-refractivity contribution in [2.45, 2.75) is 50.9 Å². The zero-order valence-electron chi connectivity index (χ0n) is 15.5. The van der Waals surface area contributed by atoms with Gasteiger partial charge in [0, 0.05) is 18.3 Å². The van der Waals surface area contributed by atoms with Gasteiger partial charge in [-0.15, -0.1) is 0 Å². The van der Waals surface area contributed by atoms with E-state index in [4.69, 9.17) is 0 Å². The van der Waals surface area contributed by atoms with E-state index in [0.717, 1.165) is 31.5 Å². The lowest BCUT2D eigenvalue weighted by atomic mass is 9.63. The third kappa shape index (κ3) is 2.25. The number of aromatic nitrogens is 2. The quantitative estimate of drug-likeness (QED) is 0.604. The van der Waals surface area contributed by atoms with Gasteiger partial charge in [0.15, 0.2) is 0 Å². The van der Waals surface area contributed by atoms with E-state index in [2.05, 4.69) is 60.2 Å².